The van der Waals surface area contributed by atoms with Crippen molar-refractivity contribution in [3.63, 3.8) is 0 Å². The van der Waals surface area contributed by atoms with Gasteiger partial charge in [-0.25, -0.2) is 0 Å². The van der Waals surface area contributed by atoms with E-state index in [1.165, 1.54) is 0 Å². The van der Waals surface area contributed by atoms with Crippen molar-refractivity contribution in [2.24, 2.45) is 28.6 Å². The first-order chi connectivity index (χ1) is 17.4. The third-order valence-corrected chi connectivity index (χ3v) is 8.51. The van der Waals surface area contributed by atoms with Gasteiger partial charge in [-0.05, 0) is 61.7 Å². The highest BCUT2D eigenvalue weighted by atomic mass is 19.4. The molecular weight excluding hydrogens is 501 g/mol. The van der Waals surface area contributed by atoms with Crippen LogP contribution in [-0.2, 0) is 19.2 Å². The maximum Gasteiger partial charge on any atom is 0.449 e. The van der Waals surface area contributed by atoms with Gasteiger partial charge in [-0.3, -0.25) is 19.2 Å². The summed E-state index contributed by atoms with van der Waals surface area (Å²) in [6.45, 7) is 8.72. The average molecular weight is 541 g/mol. The molecule has 8 nitrogen and oxygen atoms in total. The molecule has 0 bridgehead atoms. The quantitative estimate of drug-likeness (QED) is 0.391. The van der Waals surface area contributed by atoms with Crippen LogP contribution in [0.2, 0.25) is 0 Å². The van der Waals surface area contributed by atoms with E-state index >= 15 is 0 Å². The van der Waals surface area contributed by atoms with Gasteiger partial charge in [0.15, 0.2) is 0 Å². The Morgan fingerprint density at radius 3 is 2.13 bits per heavy atom. The minimum atomic E-state index is -5.07. The zero-order valence-electron chi connectivity index (χ0n) is 22.8. The summed E-state index contributed by atoms with van der Waals surface area (Å²) in [5, 5.41) is 17.9. The van der Waals surface area contributed by atoms with Crippen LogP contribution in [0.25, 0.3) is 0 Å². The first-order valence-corrected chi connectivity index (χ1v) is 13.3. The molecule has 1 aliphatic heterocycles. The zero-order chi connectivity index (χ0) is 28.7. The van der Waals surface area contributed by atoms with E-state index in [0.717, 1.165) is 25.7 Å². The number of nitriles is 1. The van der Waals surface area contributed by atoms with Crippen LogP contribution in [0.15, 0.2) is 0 Å². The fourth-order valence-electron chi connectivity index (χ4n) is 5.32. The lowest BCUT2D eigenvalue weighted by Crippen LogP contribution is -2.53. The molecular formula is C27H39F3N4O4. The van der Waals surface area contributed by atoms with Gasteiger partial charge in [0.1, 0.15) is 12.1 Å². The molecule has 11 heteroatoms. The van der Waals surface area contributed by atoms with Crippen LogP contribution < -0.4 is 16.0 Å². The number of halogens is 3. The topological polar surface area (TPSA) is 128 Å². The number of nitrogens with zero attached hydrogens (tertiary/aromatic N) is 1. The summed E-state index contributed by atoms with van der Waals surface area (Å²) in [6, 6.07) is -0.0349. The lowest BCUT2D eigenvalue weighted by atomic mass is 9.77. The number of carbonyl (C=O) groups is 4. The molecule has 3 fully saturated rings. The van der Waals surface area contributed by atoms with Crippen LogP contribution in [0, 0.1) is 39.9 Å². The largest absolute Gasteiger partial charge is 0.449 e. The number of carbonyl (C=O) groups excluding carboxylic acids is 4. The molecule has 3 amide bonds. The van der Waals surface area contributed by atoms with Crippen molar-refractivity contribution in [2.45, 2.75) is 110 Å². The highest BCUT2D eigenvalue weighted by molar-refractivity contribution is 5.93. The molecule has 1 saturated heterocycles. The number of piperidine rings is 1. The Labute approximate surface area is 221 Å². The van der Waals surface area contributed by atoms with Crippen molar-refractivity contribution >= 4 is 23.5 Å². The van der Waals surface area contributed by atoms with Gasteiger partial charge in [0, 0.05) is 17.9 Å². The Morgan fingerprint density at radius 2 is 1.68 bits per heavy atom. The summed E-state index contributed by atoms with van der Waals surface area (Å²) in [5.74, 6) is -5.20. The summed E-state index contributed by atoms with van der Waals surface area (Å²) < 4.78 is 38.9. The molecule has 3 aliphatic rings. The van der Waals surface area contributed by atoms with E-state index in [1.54, 1.807) is 20.8 Å². The van der Waals surface area contributed by atoms with E-state index in [2.05, 4.69) is 16.0 Å². The van der Waals surface area contributed by atoms with Crippen LogP contribution >= 0.6 is 0 Å². The Morgan fingerprint density at radius 1 is 1.08 bits per heavy atom. The highest BCUT2D eigenvalue weighted by Gasteiger charge is 2.50. The van der Waals surface area contributed by atoms with Crippen LogP contribution in [-0.4, -0.2) is 47.3 Å². The number of hydrogen-bond acceptors (Lipinski definition) is 5. The summed E-state index contributed by atoms with van der Waals surface area (Å²) in [6.07, 6.45) is -1.55. The van der Waals surface area contributed by atoms with Gasteiger partial charge in [-0.15, -0.1) is 0 Å². The smallest absolute Gasteiger partial charge is 0.350 e. The molecule has 0 radical (unpaired) electrons. The summed E-state index contributed by atoms with van der Waals surface area (Å²) in [4.78, 5) is 50.7. The van der Waals surface area contributed by atoms with Crippen molar-refractivity contribution < 1.29 is 32.3 Å². The van der Waals surface area contributed by atoms with Crippen molar-refractivity contribution in [3.8, 4) is 6.07 Å². The molecule has 0 aromatic carbocycles. The van der Waals surface area contributed by atoms with Gasteiger partial charge in [0.2, 0.25) is 23.5 Å². The Bertz CT molecular complexity index is 1010. The Balaban J connectivity index is 1.69. The average Bonchev–Trinajstić information content (AvgIpc) is 3.67. The predicted molar refractivity (Wildman–Crippen MR) is 132 cm³/mol. The Kier molecular flexibility index (Phi) is 8.26. The van der Waals surface area contributed by atoms with Crippen LogP contribution in [0.5, 0.6) is 0 Å². The van der Waals surface area contributed by atoms with Crippen LogP contribution in [0.1, 0.15) is 86.0 Å². The van der Waals surface area contributed by atoms with Crippen LogP contribution in [0.4, 0.5) is 13.2 Å². The van der Waals surface area contributed by atoms with E-state index in [9.17, 15) is 37.6 Å². The van der Waals surface area contributed by atoms with Crippen molar-refractivity contribution in [1.29, 1.82) is 5.26 Å². The predicted octanol–water partition coefficient (Wildman–Crippen LogP) is 3.55. The number of hydrogen-bond donors (Lipinski definition) is 3. The molecule has 212 valence electrons. The molecule has 38 heavy (non-hydrogen) atoms. The molecule has 1 spiro atoms. The number of rotatable bonds is 10. The second kappa shape index (κ2) is 10.5. The lowest BCUT2D eigenvalue weighted by Gasteiger charge is -2.32. The second-order valence-corrected chi connectivity index (χ2v) is 13.2. The Hall–Kier alpha value is -2.64. The van der Waals surface area contributed by atoms with E-state index in [-0.39, 0.29) is 35.6 Å². The highest BCUT2D eigenvalue weighted by Crippen LogP contribution is 2.54. The fraction of sp³-hybridized carbons (Fsp3) is 0.815. The third kappa shape index (κ3) is 7.48. The number of nitrogens with one attached hydrogen (secondary N) is 3. The van der Waals surface area contributed by atoms with E-state index < -0.39 is 59.5 Å². The van der Waals surface area contributed by atoms with Gasteiger partial charge in [0.05, 0.1) is 12.0 Å². The summed E-state index contributed by atoms with van der Waals surface area (Å²) >= 11 is 0. The van der Waals surface area contributed by atoms with Gasteiger partial charge in [-0.2, -0.15) is 18.4 Å². The third-order valence-electron chi connectivity index (χ3n) is 8.51. The molecule has 0 aromatic heterocycles. The fourth-order valence-corrected chi connectivity index (χ4v) is 5.32. The lowest BCUT2D eigenvalue weighted by molar-refractivity contribution is -0.173. The number of Topliss-reactive ketones (excluding diaryl/α,β-unsaturated/α-hetero) is 1. The summed E-state index contributed by atoms with van der Waals surface area (Å²) in [7, 11) is 0. The zero-order valence-corrected chi connectivity index (χ0v) is 22.8. The molecule has 0 aromatic rings. The standard InChI is InChI=1S/C27H39F3N4O4/c1-24(2,3)18(12-20(35)27(28,29)30)22(37)33-19(11-16-13-25(16,4)5)23(38)32-17(14-31)10-15-6-7-26(8-9-26)34-21(15)36/h15-19H,6-13H2,1-5H3,(H,32,38)(H,33,37)(H,34,36). The monoisotopic (exact) mass is 540 g/mol. The van der Waals surface area contributed by atoms with Gasteiger partial charge >= 0.3 is 6.18 Å². The minimum Gasteiger partial charge on any atom is -0.350 e. The van der Waals surface area contributed by atoms with Crippen molar-refractivity contribution in [3.05, 3.63) is 0 Å². The first kappa shape index (κ1) is 29.9. The number of ketones is 1. The number of alkyl halides is 3. The first-order valence-electron chi connectivity index (χ1n) is 13.3. The molecule has 2 aliphatic carbocycles. The summed E-state index contributed by atoms with van der Waals surface area (Å²) in [5.41, 5.74) is -1.12. The normalized spacial score (nSPS) is 25.8. The molecule has 3 rings (SSSR count). The van der Waals surface area contributed by atoms with Crippen molar-refractivity contribution in [1.82, 2.24) is 16.0 Å². The molecule has 2 saturated carbocycles. The van der Waals surface area contributed by atoms with Gasteiger partial charge < -0.3 is 16.0 Å². The maximum atomic E-state index is 13.3. The molecule has 3 N–H and O–H groups in total. The maximum absolute atomic E-state index is 13.3. The van der Waals surface area contributed by atoms with Crippen molar-refractivity contribution in [2.75, 3.05) is 0 Å². The number of amides is 3. The molecule has 5 unspecified atom stereocenters. The van der Waals surface area contributed by atoms with E-state index in [0.29, 0.717) is 6.42 Å². The van der Waals surface area contributed by atoms with E-state index in [1.807, 2.05) is 19.9 Å². The van der Waals surface area contributed by atoms with Crippen LogP contribution in [0.3, 0.4) is 0 Å². The minimum absolute atomic E-state index is 0.0491. The molecule has 5 atom stereocenters. The van der Waals surface area contributed by atoms with Gasteiger partial charge in [0.25, 0.3) is 0 Å². The van der Waals surface area contributed by atoms with Gasteiger partial charge in [-0.1, -0.05) is 34.6 Å². The second-order valence-electron chi connectivity index (χ2n) is 13.2. The molecule has 1 heterocycles. The SMILES string of the molecule is CC(C)(C)C(CC(=O)C(F)(F)F)C(=O)NC(CC1CC1(C)C)C(=O)NC(C#N)CC1CCC2(CC2)NC1=O. The van der Waals surface area contributed by atoms with E-state index in [4.69, 9.17) is 0 Å².